The van der Waals surface area contributed by atoms with Crippen LogP contribution in [0, 0.1) is 6.92 Å². The number of aryl methyl sites for hydroxylation is 1. The predicted octanol–water partition coefficient (Wildman–Crippen LogP) is -0.356. The van der Waals surface area contributed by atoms with E-state index in [1.807, 2.05) is 0 Å². The summed E-state index contributed by atoms with van der Waals surface area (Å²) in [5, 5.41) is 15.4. The van der Waals surface area contributed by atoms with E-state index in [9.17, 15) is 9.59 Å². The van der Waals surface area contributed by atoms with Crippen LogP contribution in [0.4, 0.5) is 0 Å². The zero-order valence-corrected chi connectivity index (χ0v) is 9.34. The molecule has 1 amide bonds. The average molecular weight is 239 g/mol. The number of carboxylic acid groups (broad SMARTS) is 1. The van der Waals surface area contributed by atoms with Crippen molar-refractivity contribution < 1.29 is 19.4 Å². The molecule has 7 heteroatoms. The van der Waals surface area contributed by atoms with Gasteiger partial charge in [-0.15, -0.1) is 0 Å². The van der Waals surface area contributed by atoms with Crippen LogP contribution in [0.2, 0.25) is 0 Å². The van der Waals surface area contributed by atoms with Gasteiger partial charge >= 0.3 is 5.97 Å². The van der Waals surface area contributed by atoms with Crippen LogP contribution >= 0.6 is 0 Å². The molecule has 2 rings (SSSR count). The quantitative estimate of drug-likeness (QED) is 0.735. The van der Waals surface area contributed by atoms with Crippen molar-refractivity contribution in [3.05, 3.63) is 17.5 Å². The van der Waals surface area contributed by atoms with Crippen molar-refractivity contribution in [3.63, 3.8) is 0 Å². The van der Waals surface area contributed by atoms with Crippen LogP contribution in [-0.2, 0) is 9.53 Å². The Bertz CT molecular complexity index is 443. The Kier molecular flexibility index (Phi) is 3.10. The number of aromatic amines is 1. The van der Waals surface area contributed by atoms with E-state index in [1.54, 1.807) is 13.0 Å². The van der Waals surface area contributed by atoms with Crippen molar-refractivity contribution in [2.75, 3.05) is 19.7 Å². The number of carbonyl (C=O) groups is 2. The van der Waals surface area contributed by atoms with E-state index >= 15 is 0 Å². The minimum atomic E-state index is -1.05. The summed E-state index contributed by atoms with van der Waals surface area (Å²) < 4.78 is 5.04. The summed E-state index contributed by atoms with van der Waals surface area (Å²) in [6, 6.07) is 1.63. The van der Waals surface area contributed by atoms with Gasteiger partial charge in [0.05, 0.1) is 13.2 Å². The Balaban J connectivity index is 2.07. The average Bonchev–Trinajstić information content (AvgIpc) is 2.75. The highest BCUT2D eigenvalue weighted by Crippen LogP contribution is 2.10. The van der Waals surface area contributed by atoms with E-state index in [0.717, 1.165) is 5.69 Å². The first-order valence-corrected chi connectivity index (χ1v) is 5.23. The van der Waals surface area contributed by atoms with Crippen molar-refractivity contribution in [2.45, 2.75) is 13.0 Å². The number of rotatable bonds is 2. The standard InChI is InChI=1S/C10H13N3O4/c1-6-4-7(12-11-6)9(14)13-2-3-17-8(5-13)10(15)16/h4,8H,2-3,5H2,1H3,(H,11,12)(H,15,16). The van der Waals surface area contributed by atoms with E-state index in [4.69, 9.17) is 9.84 Å². The summed E-state index contributed by atoms with van der Waals surface area (Å²) >= 11 is 0. The molecule has 0 spiro atoms. The predicted molar refractivity (Wildman–Crippen MR) is 56.6 cm³/mol. The molecular formula is C10H13N3O4. The van der Waals surface area contributed by atoms with Gasteiger partial charge in [-0.1, -0.05) is 0 Å². The number of amides is 1. The lowest BCUT2D eigenvalue weighted by molar-refractivity contribution is -0.154. The molecule has 1 saturated heterocycles. The van der Waals surface area contributed by atoms with Crippen LogP contribution in [0.15, 0.2) is 6.07 Å². The molecule has 1 aromatic heterocycles. The molecule has 1 aliphatic heterocycles. The molecule has 2 heterocycles. The van der Waals surface area contributed by atoms with Gasteiger partial charge < -0.3 is 14.7 Å². The number of nitrogens with zero attached hydrogens (tertiary/aromatic N) is 2. The highest BCUT2D eigenvalue weighted by atomic mass is 16.5. The van der Waals surface area contributed by atoms with Crippen molar-refractivity contribution in [2.24, 2.45) is 0 Å². The van der Waals surface area contributed by atoms with Crippen LogP contribution in [0.3, 0.4) is 0 Å². The lowest BCUT2D eigenvalue weighted by atomic mass is 10.2. The van der Waals surface area contributed by atoms with Crippen molar-refractivity contribution in [1.82, 2.24) is 15.1 Å². The molecule has 17 heavy (non-hydrogen) atoms. The number of ether oxygens (including phenoxy) is 1. The van der Waals surface area contributed by atoms with E-state index < -0.39 is 12.1 Å². The molecule has 0 radical (unpaired) electrons. The summed E-state index contributed by atoms with van der Waals surface area (Å²) in [6.45, 7) is 2.46. The molecule has 1 aliphatic rings. The molecule has 1 aromatic rings. The number of hydrogen-bond acceptors (Lipinski definition) is 4. The largest absolute Gasteiger partial charge is 0.479 e. The normalized spacial score (nSPS) is 20.3. The molecule has 92 valence electrons. The Labute approximate surface area is 97.4 Å². The topological polar surface area (TPSA) is 95.5 Å². The molecule has 1 atom stereocenters. The number of nitrogens with one attached hydrogen (secondary N) is 1. The van der Waals surface area contributed by atoms with Gasteiger partial charge in [-0.3, -0.25) is 9.89 Å². The third-order valence-electron chi connectivity index (χ3n) is 2.55. The van der Waals surface area contributed by atoms with Crippen LogP contribution in [0.5, 0.6) is 0 Å². The zero-order chi connectivity index (χ0) is 12.4. The fourth-order valence-corrected chi connectivity index (χ4v) is 1.67. The Morgan fingerprint density at radius 3 is 3.00 bits per heavy atom. The third kappa shape index (κ3) is 2.44. The van der Waals surface area contributed by atoms with Crippen molar-refractivity contribution in [3.8, 4) is 0 Å². The maximum absolute atomic E-state index is 12.0. The Morgan fingerprint density at radius 2 is 2.41 bits per heavy atom. The van der Waals surface area contributed by atoms with Crippen LogP contribution < -0.4 is 0 Å². The van der Waals surface area contributed by atoms with E-state index in [2.05, 4.69) is 10.2 Å². The molecule has 0 saturated carbocycles. The van der Waals surface area contributed by atoms with Gasteiger partial charge in [0, 0.05) is 12.2 Å². The molecule has 2 N–H and O–H groups in total. The number of aromatic nitrogens is 2. The van der Waals surface area contributed by atoms with Crippen LogP contribution in [0.25, 0.3) is 0 Å². The highest BCUT2D eigenvalue weighted by Gasteiger charge is 2.30. The number of hydrogen-bond donors (Lipinski definition) is 2. The van der Waals surface area contributed by atoms with Gasteiger partial charge in [-0.2, -0.15) is 5.10 Å². The van der Waals surface area contributed by atoms with Crippen molar-refractivity contribution in [1.29, 1.82) is 0 Å². The smallest absolute Gasteiger partial charge is 0.334 e. The summed E-state index contributed by atoms with van der Waals surface area (Å²) in [5.41, 5.74) is 1.09. The Hall–Kier alpha value is -1.89. The zero-order valence-electron chi connectivity index (χ0n) is 9.34. The van der Waals surface area contributed by atoms with Crippen LogP contribution in [-0.4, -0.2) is 57.9 Å². The third-order valence-corrected chi connectivity index (χ3v) is 2.55. The number of morpholine rings is 1. The number of aliphatic carboxylic acids is 1. The van der Waals surface area contributed by atoms with Gasteiger partial charge in [0.1, 0.15) is 5.69 Å². The fourth-order valence-electron chi connectivity index (χ4n) is 1.67. The second-order valence-electron chi connectivity index (χ2n) is 3.89. The van der Waals surface area contributed by atoms with Gasteiger partial charge in [0.2, 0.25) is 0 Å². The van der Waals surface area contributed by atoms with E-state index in [-0.39, 0.29) is 19.1 Å². The first kappa shape index (κ1) is 11.6. The highest BCUT2D eigenvalue weighted by molar-refractivity contribution is 5.92. The van der Waals surface area contributed by atoms with Gasteiger partial charge in [-0.25, -0.2) is 4.79 Å². The first-order chi connectivity index (χ1) is 8.08. The number of carboxylic acids is 1. The summed E-state index contributed by atoms with van der Waals surface area (Å²) in [5.74, 6) is -1.33. The molecular weight excluding hydrogens is 226 g/mol. The lowest BCUT2D eigenvalue weighted by Crippen LogP contribution is -2.48. The monoisotopic (exact) mass is 239 g/mol. The van der Waals surface area contributed by atoms with Gasteiger partial charge in [0.25, 0.3) is 5.91 Å². The maximum atomic E-state index is 12.0. The SMILES string of the molecule is Cc1cc(C(=O)N2CCOC(C(=O)O)C2)n[nH]1. The molecule has 1 unspecified atom stereocenters. The first-order valence-electron chi connectivity index (χ1n) is 5.23. The van der Waals surface area contributed by atoms with Gasteiger partial charge in [0.15, 0.2) is 6.10 Å². The molecule has 7 nitrogen and oxygen atoms in total. The number of carbonyl (C=O) groups excluding carboxylic acids is 1. The minimum Gasteiger partial charge on any atom is -0.479 e. The molecule has 0 bridgehead atoms. The summed E-state index contributed by atoms with van der Waals surface area (Å²) in [7, 11) is 0. The summed E-state index contributed by atoms with van der Waals surface area (Å²) in [4.78, 5) is 24.2. The van der Waals surface area contributed by atoms with Crippen LogP contribution in [0.1, 0.15) is 16.2 Å². The fraction of sp³-hybridized carbons (Fsp3) is 0.500. The lowest BCUT2D eigenvalue weighted by Gasteiger charge is -2.30. The molecule has 0 aliphatic carbocycles. The Morgan fingerprint density at radius 1 is 1.65 bits per heavy atom. The summed E-state index contributed by atoms with van der Waals surface area (Å²) in [6.07, 6.45) is -0.951. The molecule has 0 aromatic carbocycles. The van der Waals surface area contributed by atoms with E-state index in [1.165, 1.54) is 4.90 Å². The van der Waals surface area contributed by atoms with Crippen molar-refractivity contribution >= 4 is 11.9 Å². The second kappa shape index (κ2) is 4.54. The second-order valence-corrected chi connectivity index (χ2v) is 3.89. The maximum Gasteiger partial charge on any atom is 0.334 e. The van der Waals surface area contributed by atoms with Gasteiger partial charge in [-0.05, 0) is 13.0 Å². The molecule has 1 fully saturated rings. The number of H-pyrrole nitrogens is 1. The van der Waals surface area contributed by atoms with E-state index in [0.29, 0.717) is 12.2 Å². The minimum absolute atomic E-state index is 0.0556.